The molecule has 0 unspecified atom stereocenters. The number of carbonyl (C=O) groups excluding carboxylic acids is 2. The molecule has 0 atom stereocenters. The summed E-state index contributed by atoms with van der Waals surface area (Å²) in [6.07, 6.45) is 7.30. The van der Waals surface area contributed by atoms with E-state index < -0.39 is 15.9 Å². The molecule has 2 aliphatic heterocycles. The van der Waals surface area contributed by atoms with E-state index in [9.17, 15) is 18.0 Å². The first-order chi connectivity index (χ1) is 14.0. The van der Waals surface area contributed by atoms with Crippen LogP contribution in [0.4, 0.5) is 0 Å². The molecule has 2 heterocycles. The number of amides is 2. The van der Waals surface area contributed by atoms with E-state index in [0.717, 1.165) is 58.0 Å². The van der Waals surface area contributed by atoms with Crippen molar-refractivity contribution in [1.82, 2.24) is 14.5 Å². The normalized spacial score (nSPS) is 18.8. The van der Waals surface area contributed by atoms with Crippen LogP contribution in [0.5, 0.6) is 0 Å². The third-order valence-corrected chi connectivity index (χ3v) is 7.60. The van der Waals surface area contributed by atoms with Gasteiger partial charge in [0.15, 0.2) is 0 Å². The minimum atomic E-state index is -3.70. The van der Waals surface area contributed by atoms with Crippen molar-refractivity contribution in [2.24, 2.45) is 0 Å². The number of hydrogen-bond donors (Lipinski definition) is 1. The lowest BCUT2D eigenvalue weighted by atomic mass is 10.2. The summed E-state index contributed by atoms with van der Waals surface area (Å²) < 4.78 is 27.5. The van der Waals surface area contributed by atoms with Crippen LogP contribution in [0.25, 0.3) is 0 Å². The summed E-state index contributed by atoms with van der Waals surface area (Å²) in [6, 6.07) is 6.31. The first kappa shape index (κ1) is 21.8. The van der Waals surface area contributed by atoms with Gasteiger partial charge in [0.25, 0.3) is 5.91 Å². The molecule has 0 radical (unpaired) electrons. The maximum absolute atomic E-state index is 13.0. The second kappa shape index (κ2) is 10.2. The first-order valence-electron chi connectivity index (χ1n) is 10.7. The van der Waals surface area contributed by atoms with Crippen molar-refractivity contribution in [3.05, 3.63) is 29.8 Å². The van der Waals surface area contributed by atoms with Gasteiger partial charge in [-0.1, -0.05) is 31.4 Å². The van der Waals surface area contributed by atoms with Crippen molar-refractivity contribution in [3.63, 3.8) is 0 Å². The Morgan fingerprint density at radius 2 is 1.45 bits per heavy atom. The van der Waals surface area contributed by atoms with Crippen molar-refractivity contribution >= 4 is 21.8 Å². The van der Waals surface area contributed by atoms with Crippen LogP contribution in [0.2, 0.25) is 0 Å². The number of sulfonamides is 1. The Hall–Kier alpha value is -1.93. The van der Waals surface area contributed by atoms with Gasteiger partial charge in [-0.05, 0) is 37.8 Å². The Balaban J connectivity index is 1.62. The molecule has 7 nitrogen and oxygen atoms in total. The quantitative estimate of drug-likeness (QED) is 0.764. The Morgan fingerprint density at radius 3 is 2.14 bits per heavy atom. The molecule has 2 amide bonds. The van der Waals surface area contributed by atoms with Gasteiger partial charge in [-0.15, -0.1) is 0 Å². The highest BCUT2D eigenvalue weighted by Gasteiger charge is 2.29. The minimum absolute atomic E-state index is 0.0400. The zero-order valence-corrected chi connectivity index (χ0v) is 17.8. The van der Waals surface area contributed by atoms with Crippen molar-refractivity contribution in [2.45, 2.75) is 56.3 Å². The second-order valence-electron chi connectivity index (χ2n) is 7.76. The molecule has 2 fully saturated rings. The van der Waals surface area contributed by atoms with Gasteiger partial charge < -0.3 is 10.2 Å². The third kappa shape index (κ3) is 5.57. The largest absolute Gasteiger partial charge is 0.351 e. The van der Waals surface area contributed by atoms with Crippen LogP contribution in [0.3, 0.4) is 0 Å². The Kier molecular flexibility index (Phi) is 7.66. The van der Waals surface area contributed by atoms with Crippen LogP contribution < -0.4 is 5.32 Å². The van der Waals surface area contributed by atoms with Crippen LogP contribution in [0, 0.1) is 0 Å². The molecule has 0 aromatic heterocycles. The number of benzene rings is 1. The number of nitrogens with zero attached hydrogens (tertiary/aromatic N) is 2. The van der Waals surface area contributed by atoms with Crippen molar-refractivity contribution in [1.29, 1.82) is 0 Å². The SMILES string of the molecule is O=C(NCCC(=O)N1CCCCCC1)c1ccccc1S(=O)(=O)N1CCCCC1. The Morgan fingerprint density at radius 1 is 0.862 bits per heavy atom. The van der Waals surface area contributed by atoms with Gasteiger partial charge in [0.1, 0.15) is 0 Å². The first-order valence-corrected chi connectivity index (χ1v) is 12.1. The molecule has 8 heteroatoms. The summed E-state index contributed by atoms with van der Waals surface area (Å²) in [5.41, 5.74) is 0.139. The van der Waals surface area contributed by atoms with Crippen LogP contribution in [-0.2, 0) is 14.8 Å². The summed E-state index contributed by atoms with van der Waals surface area (Å²) in [4.78, 5) is 27.0. The fourth-order valence-electron chi connectivity index (χ4n) is 3.98. The number of carbonyl (C=O) groups is 2. The highest BCUT2D eigenvalue weighted by Crippen LogP contribution is 2.23. The molecule has 0 aliphatic carbocycles. The molecule has 0 saturated carbocycles. The Labute approximate surface area is 173 Å². The van der Waals surface area contributed by atoms with E-state index in [0.29, 0.717) is 13.1 Å². The molecule has 2 aliphatic rings. The fraction of sp³-hybridized carbons (Fsp3) is 0.619. The maximum Gasteiger partial charge on any atom is 0.252 e. The summed E-state index contributed by atoms with van der Waals surface area (Å²) in [7, 11) is -3.70. The van der Waals surface area contributed by atoms with Crippen LogP contribution in [0.1, 0.15) is 61.7 Å². The number of likely N-dealkylation sites (tertiary alicyclic amines) is 1. The van der Waals surface area contributed by atoms with E-state index in [2.05, 4.69) is 5.32 Å². The number of piperidine rings is 1. The van der Waals surface area contributed by atoms with Gasteiger partial charge in [-0.2, -0.15) is 4.31 Å². The van der Waals surface area contributed by atoms with Crippen molar-refractivity contribution < 1.29 is 18.0 Å². The van der Waals surface area contributed by atoms with E-state index in [1.165, 1.54) is 16.4 Å². The maximum atomic E-state index is 13.0. The lowest BCUT2D eigenvalue weighted by molar-refractivity contribution is -0.131. The molecule has 29 heavy (non-hydrogen) atoms. The van der Waals surface area contributed by atoms with E-state index in [1.807, 2.05) is 4.90 Å². The Bertz CT molecular complexity index is 811. The predicted molar refractivity (Wildman–Crippen MR) is 111 cm³/mol. The number of nitrogens with one attached hydrogen (secondary N) is 1. The molecule has 3 rings (SSSR count). The van der Waals surface area contributed by atoms with Gasteiger partial charge in [-0.3, -0.25) is 9.59 Å². The van der Waals surface area contributed by atoms with Gasteiger partial charge >= 0.3 is 0 Å². The summed E-state index contributed by atoms with van der Waals surface area (Å²) >= 11 is 0. The topological polar surface area (TPSA) is 86.8 Å². The lowest BCUT2D eigenvalue weighted by Gasteiger charge is -2.26. The molecular weight excluding hydrogens is 390 g/mol. The minimum Gasteiger partial charge on any atom is -0.351 e. The standard InChI is InChI=1S/C21H31N3O4S/c25-20(23-14-6-1-2-7-15-23)12-13-22-21(26)18-10-4-5-11-19(18)29(27,28)24-16-8-3-9-17-24/h4-5,10-11H,1-3,6-9,12-17H2,(H,22,26). The van der Waals surface area contributed by atoms with Crippen LogP contribution in [-0.4, -0.2) is 62.2 Å². The lowest BCUT2D eigenvalue weighted by Crippen LogP contribution is -2.37. The van der Waals surface area contributed by atoms with Gasteiger partial charge in [-0.25, -0.2) is 8.42 Å². The van der Waals surface area contributed by atoms with E-state index in [4.69, 9.17) is 0 Å². The van der Waals surface area contributed by atoms with Crippen molar-refractivity contribution in [2.75, 3.05) is 32.7 Å². The van der Waals surface area contributed by atoms with Crippen molar-refractivity contribution in [3.8, 4) is 0 Å². The third-order valence-electron chi connectivity index (χ3n) is 5.65. The number of rotatable bonds is 6. The predicted octanol–water partition coefficient (Wildman–Crippen LogP) is 2.38. The van der Waals surface area contributed by atoms with Gasteiger partial charge in [0, 0.05) is 39.1 Å². The summed E-state index contributed by atoms with van der Waals surface area (Å²) in [5, 5.41) is 2.73. The zero-order valence-electron chi connectivity index (χ0n) is 16.9. The van der Waals surface area contributed by atoms with E-state index in [1.54, 1.807) is 12.1 Å². The van der Waals surface area contributed by atoms with Crippen LogP contribution >= 0.6 is 0 Å². The highest BCUT2D eigenvalue weighted by atomic mass is 32.2. The molecule has 1 aromatic carbocycles. The highest BCUT2D eigenvalue weighted by molar-refractivity contribution is 7.89. The fourth-order valence-corrected chi connectivity index (χ4v) is 5.69. The molecular formula is C21H31N3O4S. The average molecular weight is 422 g/mol. The van der Waals surface area contributed by atoms with E-state index >= 15 is 0 Å². The van der Waals surface area contributed by atoms with Gasteiger partial charge in [0.05, 0.1) is 10.5 Å². The summed E-state index contributed by atoms with van der Waals surface area (Å²) in [6.45, 7) is 2.74. The monoisotopic (exact) mass is 421 g/mol. The molecule has 1 N–H and O–H groups in total. The average Bonchev–Trinajstić information content (AvgIpc) is 3.04. The van der Waals surface area contributed by atoms with E-state index in [-0.39, 0.29) is 29.3 Å². The second-order valence-corrected chi connectivity index (χ2v) is 9.67. The molecule has 160 valence electrons. The van der Waals surface area contributed by atoms with Crippen LogP contribution in [0.15, 0.2) is 29.2 Å². The number of hydrogen-bond acceptors (Lipinski definition) is 4. The molecule has 0 bridgehead atoms. The summed E-state index contributed by atoms with van der Waals surface area (Å²) in [5.74, 6) is -0.411. The van der Waals surface area contributed by atoms with Gasteiger partial charge in [0.2, 0.25) is 15.9 Å². The molecule has 2 saturated heterocycles. The molecule has 1 aromatic rings. The smallest absolute Gasteiger partial charge is 0.252 e. The molecule has 0 spiro atoms. The zero-order chi connectivity index (χ0) is 20.7.